The number of nitrogens with two attached hydrogens (primary N) is 1. The van der Waals surface area contributed by atoms with E-state index in [4.69, 9.17) is 5.73 Å². The van der Waals surface area contributed by atoms with Gasteiger partial charge in [0.1, 0.15) is 5.82 Å². The van der Waals surface area contributed by atoms with E-state index in [1.165, 1.54) is 10.5 Å². The molecule has 5 nitrogen and oxygen atoms in total. The van der Waals surface area contributed by atoms with Gasteiger partial charge in [-0.1, -0.05) is 35.9 Å². The van der Waals surface area contributed by atoms with Gasteiger partial charge in [0.05, 0.1) is 5.25 Å². The number of hydrogen-bond donors (Lipinski definition) is 2. The predicted molar refractivity (Wildman–Crippen MR) is 99.4 cm³/mol. The van der Waals surface area contributed by atoms with Gasteiger partial charge in [-0.3, -0.25) is 0 Å². The molecule has 0 fully saturated rings. The van der Waals surface area contributed by atoms with E-state index in [2.05, 4.69) is 58.4 Å². The molecule has 1 heterocycles. The van der Waals surface area contributed by atoms with Crippen molar-refractivity contribution < 1.29 is 0 Å². The Kier molecular flexibility index (Phi) is 4.96. The van der Waals surface area contributed by atoms with Crippen molar-refractivity contribution in [2.45, 2.75) is 24.0 Å². The van der Waals surface area contributed by atoms with Crippen LogP contribution in [0.5, 0.6) is 0 Å². The molecule has 0 spiro atoms. The van der Waals surface area contributed by atoms with Crippen LogP contribution in [-0.2, 0) is 0 Å². The largest absolute Gasteiger partial charge is 0.368 e. The van der Waals surface area contributed by atoms with Crippen LogP contribution in [0.3, 0.4) is 0 Å². The molecule has 1 unspecified atom stereocenters. The minimum absolute atomic E-state index is 0.0642. The van der Waals surface area contributed by atoms with Crippen molar-refractivity contribution in [2.75, 3.05) is 11.1 Å². The molecule has 0 radical (unpaired) electrons. The zero-order chi connectivity index (χ0) is 16.9. The van der Waals surface area contributed by atoms with Gasteiger partial charge in [-0.25, -0.2) is 0 Å². The van der Waals surface area contributed by atoms with Crippen LogP contribution in [0.1, 0.15) is 23.6 Å². The minimum atomic E-state index is 0.0642. The summed E-state index contributed by atoms with van der Waals surface area (Å²) >= 11 is 1.69. The number of aryl methyl sites for hydroxylation is 1. The smallest absolute Gasteiger partial charge is 0.232 e. The number of benzene rings is 2. The van der Waals surface area contributed by atoms with E-state index in [1.54, 1.807) is 11.8 Å². The fraction of sp³-hybridized carbons (Fsp3) is 0.167. The molecule has 1 atom stereocenters. The Bertz CT molecular complexity index is 805. The number of nitrogen functional groups attached to an aromatic ring is 1. The van der Waals surface area contributed by atoms with Gasteiger partial charge in [-0.2, -0.15) is 15.0 Å². The number of para-hydroxylation sites is 1. The second kappa shape index (κ2) is 7.31. The van der Waals surface area contributed by atoms with Crippen molar-refractivity contribution in [2.24, 2.45) is 0 Å². The highest BCUT2D eigenvalue weighted by Crippen LogP contribution is 2.33. The summed E-state index contributed by atoms with van der Waals surface area (Å²) in [5.41, 5.74) is 8.00. The summed E-state index contributed by atoms with van der Waals surface area (Å²) in [6.45, 7) is 4.14. The number of nitrogens with zero attached hydrogens (tertiary/aromatic N) is 3. The molecular weight excluding hydrogens is 318 g/mol. The maximum Gasteiger partial charge on any atom is 0.232 e. The van der Waals surface area contributed by atoms with E-state index < -0.39 is 0 Å². The average molecular weight is 337 g/mol. The van der Waals surface area contributed by atoms with Gasteiger partial charge in [0, 0.05) is 10.6 Å². The van der Waals surface area contributed by atoms with Crippen LogP contribution in [0.4, 0.5) is 17.6 Å². The number of anilines is 3. The first-order valence-electron chi connectivity index (χ1n) is 7.67. The van der Waals surface area contributed by atoms with Crippen molar-refractivity contribution in [3.63, 3.8) is 0 Å². The van der Waals surface area contributed by atoms with Crippen LogP contribution in [0.25, 0.3) is 0 Å². The van der Waals surface area contributed by atoms with Crippen molar-refractivity contribution in [1.29, 1.82) is 0 Å². The standard InChI is InChI=1S/C18H19N5S/c1-12-8-10-15(11-9-12)24-13(2)16-21-17(19)23-18(22-16)20-14-6-4-3-5-7-14/h3-11,13H,1-2H3,(H3,19,20,21,22,23). The molecule has 24 heavy (non-hydrogen) atoms. The van der Waals surface area contributed by atoms with Gasteiger partial charge >= 0.3 is 0 Å². The molecule has 0 aliphatic heterocycles. The molecule has 0 aliphatic rings. The number of nitrogens with one attached hydrogen (secondary N) is 1. The maximum absolute atomic E-state index is 5.85. The number of thioether (sulfide) groups is 1. The summed E-state index contributed by atoms with van der Waals surface area (Å²) in [5.74, 6) is 1.33. The Morgan fingerprint density at radius 3 is 2.38 bits per heavy atom. The molecule has 1 aromatic heterocycles. The van der Waals surface area contributed by atoms with Gasteiger partial charge < -0.3 is 11.1 Å². The molecule has 6 heteroatoms. The number of aromatic nitrogens is 3. The van der Waals surface area contributed by atoms with Gasteiger partial charge in [-0.05, 0) is 38.1 Å². The van der Waals surface area contributed by atoms with E-state index in [0.717, 1.165) is 5.69 Å². The third kappa shape index (κ3) is 4.23. The Morgan fingerprint density at radius 2 is 1.67 bits per heavy atom. The minimum Gasteiger partial charge on any atom is -0.368 e. The zero-order valence-corrected chi connectivity index (χ0v) is 14.4. The summed E-state index contributed by atoms with van der Waals surface area (Å²) in [4.78, 5) is 14.1. The molecule has 3 N–H and O–H groups in total. The van der Waals surface area contributed by atoms with Crippen molar-refractivity contribution in [3.8, 4) is 0 Å². The van der Waals surface area contributed by atoms with E-state index >= 15 is 0 Å². The molecule has 2 aromatic carbocycles. The summed E-state index contributed by atoms with van der Waals surface area (Å²) < 4.78 is 0. The van der Waals surface area contributed by atoms with Gasteiger partial charge in [0.15, 0.2) is 0 Å². The molecule has 0 saturated heterocycles. The molecule has 0 amide bonds. The number of rotatable bonds is 5. The van der Waals surface area contributed by atoms with E-state index in [9.17, 15) is 0 Å². The van der Waals surface area contributed by atoms with E-state index in [0.29, 0.717) is 11.8 Å². The molecule has 3 rings (SSSR count). The average Bonchev–Trinajstić information content (AvgIpc) is 2.57. The van der Waals surface area contributed by atoms with Gasteiger partial charge in [0.25, 0.3) is 0 Å². The molecule has 3 aromatic rings. The van der Waals surface area contributed by atoms with Crippen molar-refractivity contribution >= 4 is 29.3 Å². The SMILES string of the molecule is Cc1ccc(SC(C)c2nc(N)nc(Nc3ccccc3)n2)cc1. The molecular formula is C18H19N5S. The van der Waals surface area contributed by atoms with E-state index in [-0.39, 0.29) is 11.2 Å². The summed E-state index contributed by atoms with van der Waals surface area (Å²) in [7, 11) is 0. The molecule has 122 valence electrons. The summed E-state index contributed by atoms with van der Waals surface area (Å²) in [6.07, 6.45) is 0. The van der Waals surface area contributed by atoms with Crippen LogP contribution < -0.4 is 11.1 Å². The molecule has 0 saturated carbocycles. The lowest BCUT2D eigenvalue weighted by Crippen LogP contribution is -2.08. The highest BCUT2D eigenvalue weighted by molar-refractivity contribution is 7.99. The highest BCUT2D eigenvalue weighted by atomic mass is 32.2. The topological polar surface area (TPSA) is 76.7 Å². The van der Waals surface area contributed by atoms with Crippen LogP contribution in [-0.4, -0.2) is 15.0 Å². The normalized spacial score (nSPS) is 11.9. The van der Waals surface area contributed by atoms with Crippen molar-refractivity contribution in [3.05, 3.63) is 66.0 Å². The lowest BCUT2D eigenvalue weighted by molar-refractivity contribution is 0.896. The zero-order valence-electron chi connectivity index (χ0n) is 13.6. The first-order valence-corrected chi connectivity index (χ1v) is 8.55. The first-order chi connectivity index (χ1) is 11.6. The van der Waals surface area contributed by atoms with Gasteiger partial charge in [-0.15, -0.1) is 11.8 Å². The predicted octanol–water partition coefficient (Wildman–Crippen LogP) is 4.36. The first kappa shape index (κ1) is 16.3. The molecule has 0 bridgehead atoms. The Hall–Kier alpha value is -2.60. The van der Waals surface area contributed by atoms with Crippen LogP contribution in [0.15, 0.2) is 59.5 Å². The fourth-order valence-corrected chi connectivity index (χ4v) is 3.08. The second-order valence-electron chi connectivity index (χ2n) is 5.44. The third-order valence-corrected chi connectivity index (χ3v) is 4.51. The van der Waals surface area contributed by atoms with Gasteiger partial charge in [0.2, 0.25) is 11.9 Å². The lowest BCUT2D eigenvalue weighted by atomic mass is 10.2. The summed E-state index contributed by atoms with van der Waals surface area (Å²) in [5, 5.41) is 3.22. The van der Waals surface area contributed by atoms with Crippen LogP contribution in [0, 0.1) is 6.92 Å². The lowest BCUT2D eigenvalue weighted by Gasteiger charge is -2.12. The monoisotopic (exact) mass is 337 g/mol. The fourth-order valence-electron chi connectivity index (χ4n) is 2.17. The quantitative estimate of drug-likeness (QED) is 0.674. The van der Waals surface area contributed by atoms with E-state index in [1.807, 2.05) is 30.3 Å². The molecule has 0 aliphatic carbocycles. The highest BCUT2D eigenvalue weighted by Gasteiger charge is 2.14. The second-order valence-corrected chi connectivity index (χ2v) is 6.85. The van der Waals surface area contributed by atoms with Crippen LogP contribution >= 0.6 is 11.8 Å². The Labute approximate surface area is 145 Å². The third-order valence-electron chi connectivity index (χ3n) is 3.40. The Balaban J connectivity index is 1.78. The Morgan fingerprint density at radius 1 is 0.958 bits per heavy atom. The number of hydrogen-bond acceptors (Lipinski definition) is 6. The summed E-state index contributed by atoms with van der Waals surface area (Å²) in [6, 6.07) is 18.1. The van der Waals surface area contributed by atoms with Crippen LogP contribution in [0.2, 0.25) is 0 Å². The maximum atomic E-state index is 5.85. The van der Waals surface area contributed by atoms with Crippen molar-refractivity contribution in [1.82, 2.24) is 15.0 Å².